The van der Waals surface area contributed by atoms with E-state index in [0.29, 0.717) is 10.8 Å². The number of imidazole rings is 1. The number of nitrogen functional groups attached to an aromatic ring is 1. The molecular formula is C26H28ClN7S. The summed E-state index contributed by atoms with van der Waals surface area (Å²) in [6.45, 7) is 3.96. The highest BCUT2D eigenvalue weighted by Gasteiger charge is 2.46. The second-order valence-corrected chi connectivity index (χ2v) is 11.0. The van der Waals surface area contributed by atoms with Crippen LogP contribution in [0.25, 0.3) is 5.52 Å². The van der Waals surface area contributed by atoms with Crippen LogP contribution < -0.4 is 16.4 Å². The molecule has 1 spiro atoms. The van der Waals surface area contributed by atoms with Crippen molar-refractivity contribution in [3.63, 3.8) is 0 Å². The fourth-order valence-electron chi connectivity index (χ4n) is 5.70. The standard InChI is InChI=1S/C26H28ClN7S/c1-2-18-22-20(35-19-7-10-30-24(29)21(19)27)14-31-25(34(22)15-32-18)33-11-8-26(9-12-33)13-16-5-3-4-6-17(16)23(26)28/h3-7,10,14-15,23H,2,8-9,11-13,28H2,1H3,(H2,29,30)/t23-/m1/s1. The molecule has 9 heteroatoms. The lowest BCUT2D eigenvalue weighted by Gasteiger charge is -2.42. The Morgan fingerprint density at radius 1 is 1.11 bits per heavy atom. The van der Waals surface area contributed by atoms with Crippen molar-refractivity contribution in [1.29, 1.82) is 0 Å². The van der Waals surface area contributed by atoms with Gasteiger partial charge in [0.1, 0.15) is 12.1 Å². The zero-order chi connectivity index (χ0) is 24.2. The second kappa shape index (κ2) is 8.69. The number of anilines is 2. The fraction of sp³-hybridized carbons (Fsp3) is 0.346. The van der Waals surface area contributed by atoms with Crippen LogP contribution in [0, 0.1) is 5.41 Å². The van der Waals surface area contributed by atoms with E-state index in [1.807, 2.05) is 18.6 Å². The molecular weight excluding hydrogens is 478 g/mol. The molecule has 4 heterocycles. The average Bonchev–Trinajstić information content (AvgIpc) is 3.43. The normalized spacial score (nSPS) is 18.9. The first-order valence-electron chi connectivity index (χ1n) is 12.0. The largest absolute Gasteiger partial charge is 0.382 e. The molecule has 0 unspecified atom stereocenters. The maximum Gasteiger partial charge on any atom is 0.211 e. The number of hydrogen-bond acceptors (Lipinski definition) is 7. The van der Waals surface area contributed by atoms with E-state index >= 15 is 0 Å². The maximum atomic E-state index is 6.79. The van der Waals surface area contributed by atoms with Crippen LogP contribution in [0.4, 0.5) is 11.8 Å². The van der Waals surface area contributed by atoms with Gasteiger partial charge in [0.2, 0.25) is 5.95 Å². The number of fused-ring (bicyclic) bond motifs is 2. The van der Waals surface area contributed by atoms with E-state index < -0.39 is 0 Å². The van der Waals surface area contributed by atoms with Crippen molar-refractivity contribution < 1.29 is 0 Å². The van der Waals surface area contributed by atoms with Gasteiger partial charge in [0.25, 0.3) is 0 Å². The molecule has 0 saturated carbocycles. The zero-order valence-corrected chi connectivity index (χ0v) is 21.2. The number of rotatable bonds is 4. The minimum absolute atomic E-state index is 0.102. The first-order valence-corrected chi connectivity index (χ1v) is 13.2. The number of hydrogen-bond donors (Lipinski definition) is 2. The number of piperidine rings is 1. The van der Waals surface area contributed by atoms with Crippen LogP contribution in [0.15, 0.2) is 58.8 Å². The zero-order valence-electron chi connectivity index (χ0n) is 19.6. The summed E-state index contributed by atoms with van der Waals surface area (Å²) in [6.07, 6.45) is 9.49. The van der Waals surface area contributed by atoms with Crippen molar-refractivity contribution in [2.24, 2.45) is 11.1 Å². The predicted molar refractivity (Wildman–Crippen MR) is 141 cm³/mol. The topological polar surface area (TPSA) is 98.4 Å². The Morgan fingerprint density at radius 3 is 2.69 bits per heavy atom. The molecule has 0 bridgehead atoms. The summed E-state index contributed by atoms with van der Waals surface area (Å²) in [7, 11) is 0. The number of aryl methyl sites for hydroxylation is 1. The first kappa shape index (κ1) is 22.6. The third kappa shape index (κ3) is 3.66. The lowest BCUT2D eigenvalue weighted by molar-refractivity contribution is 0.186. The van der Waals surface area contributed by atoms with Crippen LogP contribution in [-0.2, 0) is 12.8 Å². The molecule has 0 radical (unpaired) electrons. The highest BCUT2D eigenvalue weighted by Crippen LogP contribution is 2.51. The molecule has 2 aliphatic rings. The van der Waals surface area contributed by atoms with E-state index in [-0.39, 0.29) is 11.5 Å². The van der Waals surface area contributed by atoms with Crippen LogP contribution in [0.2, 0.25) is 5.02 Å². The van der Waals surface area contributed by atoms with E-state index in [0.717, 1.165) is 65.7 Å². The Hall–Kier alpha value is -2.81. The third-order valence-electron chi connectivity index (χ3n) is 7.66. The molecule has 1 atom stereocenters. The Morgan fingerprint density at radius 2 is 1.91 bits per heavy atom. The summed E-state index contributed by atoms with van der Waals surface area (Å²) in [5, 5.41) is 0.465. The molecule has 1 aliphatic carbocycles. The Labute approximate surface area is 213 Å². The Bertz CT molecular complexity index is 1410. The van der Waals surface area contributed by atoms with E-state index in [9.17, 15) is 0 Å². The molecule has 1 aliphatic heterocycles. The van der Waals surface area contributed by atoms with E-state index in [1.165, 1.54) is 11.1 Å². The molecule has 4 N–H and O–H groups in total. The Kier molecular flexibility index (Phi) is 5.62. The van der Waals surface area contributed by atoms with E-state index in [4.69, 9.17) is 33.0 Å². The molecule has 1 aromatic carbocycles. The van der Waals surface area contributed by atoms with Crippen LogP contribution in [0.1, 0.15) is 42.6 Å². The molecule has 4 aromatic rings. The van der Waals surface area contributed by atoms with Gasteiger partial charge in [0.15, 0.2) is 0 Å². The van der Waals surface area contributed by atoms with Crippen molar-refractivity contribution in [1.82, 2.24) is 19.4 Å². The number of nitrogens with zero attached hydrogens (tertiary/aromatic N) is 5. The first-order chi connectivity index (χ1) is 17.0. The van der Waals surface area contributed by atoms with Crippen LogP contribution >= 0.6 is 23.4 Å². The van der Waals surface area contributed by atoms with Crippen molar-refractivity contribution >= 4 is 40.6 Å². The third-order valence-corrected chi connectivity index (χ3v) is 9.25. The SMILES string of the molecule is CCc1ncn2c(N3CCC4(CC3)Cc3ccccc3[C@H]4N)ncc(Sc3ccnc(N)c3Cl)c12. The van der Waals surface area contributed by atoms with Gasteiger partial charge in [-0.25, -0.2) is 15.0 Å². The summed E-state index contributed by atoms with van der Waals surface area (Å²) < 4.78 is 2.13. The summed E-state index contributed by atoms with van der Waals surface area (Å²) >= 11 is 7.98. The fourth-order valence-corrected chi connectivity index (χ4v) is 6.91. The molecule has 7 nitrogen and oxygen atoms in total. The quantitative estimate of drug-likeness (QED) is 0.406. The number of halogens is 1. The van der Waals surface area contributed by atoms with Gasteiger partial charge in [-0.05, 0) is 48.3 Å². The Balaban J connectivity index is 1.30. The molecule has 3 aromatic heterocycles. The van der Waals surface area contributed by atoms with Gasteiger partial charge in [0, 0.05) is 36.4 Å². The van der Waals surface area contributed by atoms with Crippen LogP contribution in [0.5, 0.6) is 0 Å². The number of benzene rings is 1. The summed E-state index contributed by atoms with van der Waals surface area (Å²) in [5.74, 6) is 1.26. The smallest absolute Gasteiger partial charge is 0.211 e. The van der Waals surface area contributed by atoms with Crippen molar-refractivity contribution in [2.45, 2.75) is 48.4 Å². The summed E-state index contributed by atoms with van der Waals surface area (Å²) in [5.41, 5.74) is 17.7. The minimum Gasteiger partial charge on any atom is -0.382 e. The van der Waals surface area contributed by atoms with Gasteiger partial charge in [-0.1, -0.05) is 54.6 Å². The minimum atomic E-state index is 0.102. The van der Waals surface area contributed by atoms with Gasteiger partial charge in [0.05, 0.1) is 21.1 Å². The summed E-state index contributed by atoms with van der Waals surface area (Å²) in [4.78, 5) is 17.9. The lowest BCUT2D eigenvalue weighted by atomic mass is 9.73. The predicted octanol–water partition coefficient (Wildman–Crippen LogP) is 4.92. The monoisotopic (exact) mass is 505 g/mol. The highest BCUT2D eigenvalue weighted by atomic mass is 35.5. The highest BCUT2D eigenvalue weighted by molar-refractivity contribution is 7.99. The molecule has 1 fully saturated rings. The number of aromatic nitrogens is 4. The van der Waals surface area contributed by atoms with Gasteiger partial charge in [-0.3, -0.25) is 4.40 Å². The molecule has 180 valence electrons. The van der Waals surface area contributed by atoms with Crippen molar-refractivity contribution in [2.75, 3.05) is 23.7 Å². The second-order valence-electron chi connectivity index (χ2n) is 9.50. The number of nitrogens with two attached hydrogens (primary N) is 2. The van der Waals surface area contributed by atoms with Crippen LogP contribution in [-0.4, -0.2) is 32.4 Å². The van der Waals surface area contributed by atoms with Crippen molar-refractivity contribution in [3.05, 3.63) is 70.9 Å². The maximum absolute atomic E-state index is 6.79. The molecule has 35 heavy (non-hydrogen) atoms. The summed E-state index contributed by atoms with van der Waals surface area (Å²) in [6, 6.07) is 10.6. The van der Waals surface area contributed by atoms with Gasteiger partial charge < -0.3 is 16.4 Å². The van der Waals surface area contributed by atoms with Crippen molar-refractivity contribution in [3.8, 4) is 0 Å². The molecule has 1 saturated heterocycles. The van der Waals surface area contributed by atoms with Gasteiger partial charge in [-0.2, -0.15) is 0 Å². The van der Waals surface area contributed by atoms with E-state index in [1.54, 1.807) is 18.0 Å². The van der Waals surface area contributed by atoms with Crippen LogP contribution in [0.3, 0.4) is 0 Å². The lowest BCUT2D eigenvalue weighted by Crippen LogP contribution is -2.45. The number of pyridine rings is 1. The molecule has 6 rings (SSSR count). The van der Waals surface area contributed by atoms with E-state index in [2.05, 4.69) is 45.5 Å². The van der Waals surface area contributed by atoms with Gasteiger partial charge in [-0.15, -0.1) is 0 Å². The van der Waals surface area contributed by atoms with Gasteiger partial charge >= 0.3 is 0 Å². The average molecular weight is 506 g/mol. The molecule has 0 amide bonds.